The first kappa shape index (κ1) is 22.1. The van der Waals surface area contributed by atoms with Gasteiger partial charge in [0.1, 0.15) is 29.3 Å². The van der Waals surface area contributed by atoms with E-state index in [1.165, 1.54) is 19.3 Å². The molecule has 4 N–H and O–H groups in total. The van der Waals surface area contributed by atoms with Crippen LogP contribution in [0.4, 0.5) is 5.82 Å². The van der Waals surface area contributed by atoms with E-state index in [9.17, 15) is 0 Å². The van der Waals surface area contributed by atoms with Gasteiger partial charge in [0.05, 0.1) is 5.39 Å². The molecular weight excluding hydrogens is 436 g/mol. The van der Waals surface area contributed by atoms with Gasteiger partial charge in [-0.3, -0.25) is 0 Å². The van der Waals surface area contributed by atoms with Crippen LogP contribution in [-0.4, -0.2) is 39.7 Å². The number of aromatic nitrogens is 3. The average molecular weight is 469 g/mol. The summed E-state index contributed by atoms with van der Waals surface area (Å²) in [6.45, 7) is 2.22. The van der Waals surface area contributed by atoms with Crippen molar-refractivity contribution in [3.8, 4) is 22.6 Å². The second-order valence-corrected chi connectivity index (χ2v) is 9.71. The zero-order chi connectivity index (χ0) is 23.6. The highest BCUT2D eigenvalue weighted by Gasteiger charge is 2.27. The molecule has 0 unspecified atom stereocenters. The lowest BCUT2D eigenvalue weighted by Crippen LogP contribution is -2.41. The number of ether oxygens (including phenoxy) is 1. The van der Waals surface area contributed by atoms with E-state index in [1.807, 2.05) is 42.5 Å². The van der Waals surface area contributed by atoms with Crippen LogP contribution in [0.2, 0.25) is 0 Å². The molecule has 6 rings (SSSR count). The third kappa shape index (κ3) is 4.61. The van der Waals surface area contributed by atoms with Crippen LogP contribution in [0.1, 0.15) is 38.1 Å². The van der Waals surface area contributed by atoms with Crippen molar-refractivity contribution in [1.82, 2.24) is 25.2 Å². The minimum Gasteiger partial charge on any atom is -0.457 e. The molecule has 7 heteroatoms. The van der Waals surface area contributed by atoms with Crippen molar-refractivity contribution in [2.45, 2.75) is 50.2 Å². The maximum atomic E-state index is 6.38. The van der Waals surface area contributed by atoms with Gasteiger partial charge >= 0.3 is 0 Å². The fourth-order valence-electron chi connectivity index (χ4n) is 5.58. The second-order valence-electron chi connectivity index (χ2n) is 9.71. The molecule has 2 fully saturated rings. The van der Waals surface area contributed by atoms with E-state index >= 15 is 0 Å². The Morgan fingerprint density at radius 3 is 2.40 bits per heavy atom. The lowest BCUT2D eigenvalue weighted by atomic mass is 9.90. The molecule has 180 valence electrons. The molecule has 2 aromatic carbocycles. The summed E-state index contributed by atoms with van der Waals surface area (Å²) < 4.78 is 8.31. The van der Waals surface area contributed by atoms with Gasteiger partial charge in [0.15, 0.2) is 0 Å². The van der Waals surface area contributed by atoms with Gasteiger partial charge in [0.25, 0.3) is 0 Å². The predicted molar refractivity (Wildman–Crippen MR) is 140 cm³/mol. The fourth-order valence-corrected chi connectivity index (χ4v) is 5.58. The van der Waals surface area contributed by atoms with Gasteiger partial charge in [-0.1, -0.05) is 30.3 Å². The molecule has 1 atom stereocenters. The summed E-state index contributed by atoms with van der Waals surface area (Å²) in [6, 6.07) is 19.6. The van der Waals surface area contributed by atoms with E-state index in [1.54, 1.807) is 6.33 Å². The zero-order valence-corrected chi connectivity index (χ0v) is 19.9. The van der Waals surface area contributed by atoms with Crippen molar-refractivity contribution in [3.63, 3.8) is 0 Å². The van der Waals surface area contributed by atoms with Crippen molar-refractivity contribution in [2.24, 2.45) is 0 Å². The summed E-state index contributed by atoms with van der Waals surface area (Å²) in [4.78, 5) is 8.97. The van der Waals surface area contributed by atoms with Crippen LogP contribution in [0.25, 0.3) is 22.2 Å². The van der Waals surface area contributed by atoms with Gasteiger partial charge in [-0.2, -0.15) is 0 Å². The molecular formula is C28H32N6O. The molecule has 7 nitrogen and oxygen atoms in total. The SMILES string of the molecule is Nc1ncnc2c1c(-c1ccc(Oc3ccccc3)cc1)cn2[C@H]1CC[C@@H](N[C@@H]2CCNC2)CC1. The van der Waals surface area contributed by atoms with Crippen molar-refractivity contribution < 1.29 is 4.74 Å². The number of anilines is 1. The summed E-state index contributed by atoms with van der Waals surface area (Å²) in [7, 11) is 0. The maximum Gasteiger partial charge on any atom is 0.146 e. The fraction of sp³-hybridized carbons (Fsp3) is 0.357. The van der Waals surface area contributed by atoms with Crippen LogP contribution in [0, 0.1) is 0 Å². The molecule has 0 amide bonds. The number of fused-ring (bicyclic) bond motifs is 1. The molecule has 0 radical (unpaired) electrons. The molecule has 4 aromatic rings. The van der Waals surface area contributed by atoms with Crippen LogP contribution in [-0.2, 0) is 0 Å². The third-order valence-corrected chi connectivity index (χ3v) is 7.40. The van der Waals surface area contributed by atoms with Gasteiger partial charge in [-0.05, 0) is 68.5 Å². The maximum absolute atomic E-state index is 6.38. The van der Waals surface area contributed by atoms with Crippen LogP contribution in [0.15, 0.2) is 67.1 Å². The Labute approximate surface area is 205 Å². The molecule has 1 aliphatic carbocycles. The first-order valence-electron chi connectivity index (χ1n) is 12.7. The highest BCUT2D eigenvalue weighted by atomic mass is 16.5. The summed E-state index contributed by atoms with van der Waals surface area (Å²) in [5.74, 6) is 2.15. The average Bonchev–Trinajstić information content (AvgIpc) is 3.55. The summed E-state index contributed by atoms with van der Waals surface area (Å²) in [5, 5.41) is 8.25. The number of nitrogens with two attached hydrogens (primary N) is 1. The lowest BCUT2D eigenvalue weighted by molar-refractivity contribution is 0.280. The first-order chi connectivity index (χ1) is 17.2. The molecule has 3 heterocycles. The predicted octanol–water partition coefficient (Wildman–Crippen LogP) is 4.91. The molecule has 2 aromatic heterocycles. The molecule has 0 spiro atoms. The van der Waals surface area contributed by atoms with Crippen LogP contribution >= 0.6 is 0 Å². The topological polar surface area (TPSA) is 90.0 Å². The number of rotatable bonds is 6. The number of nitrogens with zero attached hydrogens (tertiary/aromatic N) is 3. The van der Waals surface area contributed by atoms with Crippen LogP contribution < -0.4 is 21.1 Å². The number of benzene rings is 2. The first-order valence-corrected chi connectivity index (χ1v) is 12.7. The minimum absolute atomic E-state index is 0.418. The quantitative estimate of drug-likeness (QED) is 0.373. The van der Waals surface area contributed by atoms with E-state index < -0.39 is 0 Å². The minimum atomic E-state index is 0.418. The summed E-state index contributed by atoms with van der Waals surface area (Å²) >= 11 is 0. The molecule has 35 heavy (non-hydrogen) atoms. The Bertz CT molecular complexity index is 1270. The van der Waals surface area contributed by atoms with Crippen molar-refractivity contribution >= 4 is 16.9 Å². The summed E-state index contributed by atoms with van der Waals surface area (Å²) in [5.41, 5.74) is 9.46. The second kappa shape index (κ2) is 9.68. The lowest BCUT2D eigenvalue weighted by Gasteiger charge is -2.32. The van der Waals surface area contributed by atoms with Crippen molar-refractivity contribution in [3.05, 3.63) is 67.1 Å². The zero-order valence-electron chi connectivity index (χ0n) is 19.9. The number of nitrogens with one attached hydrogen (secondary N) is 2. The summed E-state index contributed by atoms with van der Waals surface area (Å²) in [6.07, 6.45) is 9.67. The van der Waals surface area contributed by atoms with E-state index in [0.717, 1.165) is 59.6 Å². The Kier molecular flexibility index (Phi) is 6.10. The van der Waals surface area contributed by atoms with Crippen molar-refractivity contribution in [1.29, 1.82) is 0 Å². The third-order valence-electron chi connectivity index (χ3n) is 7.40. The number of hydrogen-bond donors (Lipinski definition) is 3. The monoisotopic (exact) mass is 468 g/mol. The van der Waals surface area contributed by atoms with Crippen LogP contribution in [0.3, 0.4) is 0 Å². The van der Waals surface area contributed by atoms with E-state index in [4.69, 9.17) is 10.5 Å². The number of hydrogen-bond acceptors (Lipinski definition) is 6. The van der Waals surface area contributed by atoms with Gasteiger partial charge in [-0.15, -0.1) is 0 Å². The Hall–Kier alpha value is -3.42. The van der Waals surface area contributed by atoms with Crippen LogP contribution in [0.5, 0.6) is 11.5 Å². The van der Waals surface area contributed by atoms with E-state index in [2.05, 4.69) is 43.5 Å². The normalized spacial score (nSPS) is 22.5. The highest BCUT2D eigenvalue weighted by molar-refractivity contribution is 6.00. The Balaban J connectivity index is 1.24. The van der Waals surface area contributed by atoms with Gasteiger partial charge < -0.3 is 25.7 Å². The molecule has 0 bridgehead atoms. The van der Waals surface area contributed by atoms with Gasteiger partial charge in [0, 0.05) is 36.4 Å². The highest BCUT2D eigenvalue weighted by Crippen LogP contribution is 2.38. The van der Waals surface area contributed by atoms with Gasteiger partial charge in [-0.25, -0.2) is 9.97 Å². The Morgan fingerprint density at radius 2 is 1.66 bits per heavy atom. The molecule has 1 saturated heterocycles. The Morgan fingerprint density at radius 1 is 0.886 bits per heavy atom. The van der Waals surface area contributed by atoms with Crippen molar-refractivity contribution in [2.75, 3.05) is 18.8 Å². The molecule has 2 aliphatic rings. The smallest absolute Gasteiger partial charge is 0.146 e. The van der Waals surface area contributed by atoms with Gasteiger partial charge in [0.2, 0.25) is 0 Å². The number of nitrogen functional groups attached to an aromatic ring is 1. The number of para-hydroxylation sites is 1. The van der Waals surface area contributed by atoms with E-state index in [-0.39, 0.29) is 0 Å². The van der Waals surface area contributed by atoms with E-state index in [0.29, 0.717) is 23.9 Å². The molecule has 1 aliphatic heterocycles. The molecule has 1 saturated carbocycles. The largest absolute Gasteiger partial charge is 0.457 e. The standard InChI is InChI=1S/C28H32N6O/c29-27-26-25(19-6-12-24(13-7-19)35-23-4-2-1-3-5-23)17-34(28(26)32-18-31-27)22-10-8-20(9-11-22)33-21-14-15-30-16-21/h1-7,12-13,17-18,20-22,30,33H,8-11,14-16H2,(H2,29,31,32)/t20-,21-,22+/m1/s1.